The Balaban J connectivity index is 1.81. The number of fused-ring (bicyclic) bond motifs is 1. The van der Waals surface area contributed by atoms with Crippen molar-refractivity contribution in [3.63, 3.8) is 0 Å². The molecule has 1 fully saturated rings. The van der Waals surface area contributed by atoms with Crippen molar-refractivity contribution in [1.82, 2.24) is 14.9 Å². The van der Waals surface area contributed by atoms with Crippen LogP contribution in [0.1, 0.15) is 47.3 Å². The van der Waals surface area contributed by atoms with Crippen LogP contribution in [0.4, 0.5) is 4.39 Å². The molecule has 1 aromatic carbocycles. The Labute approximate surface area is 171 Å². The Bertz CT molecular complexity index is 1170. The van der Waals surface area contributed by atoms with Crippen LogP contribution in [0.15, 0.2) is 41.3 Å². The molecule has 0 aliphatic heterocycles. The van der Waals surface area contributed by atoms with Gasteiger partial charge in [-0.3, -0.25) is 14.6 Å². The molecule has 1 amide bonds. The molecule has 1 saturated carbocycles. The standard InChI is InChI=1S/C22H22FN3O4/c1-12(11-27)25-21(29)18-20(28)19-17(26(22(18)30)16-6-7-16)9-14(10-24-19)8-13-2-4-15(23)5-3-13/h2-5,9-10,12,16,27-28H,6-8,11H2,1H3,(H,25,29). The summed E-state index contributed by atoms with van der Waals surface area (Å²) in [6.07, 6.45) is 3.66. The number of rotatable bonds is 6. The van der Waals surface area contributed by atoms with Gasteiger partial charge in [0.1, 0.15) is 16.9 Å². The molecule has 30 heavy (non-hydrogen) atoms. The van der Waals surface area contributed by atoms with Gasteiger partial charge >= 0.3 is 0 Å². The van der Waals surface area contributed by atoms with Crippen LogP contribution >= 0.6 is 0 Å². The summed E-state index contributed by atoms with van der Waals surface area (Å²) in [4.78, 5) is 30.0. The number of aliphatic hydroxyl groups is 1. The van der Waals surface area contributed by atoms with Crippen LogP contribution in [0.3, 0.4) is 0 Å². The number of hydrogen-bond donors (Lipinski definition) is 3. The van der Waals surface area contributed by atoms with E-state index >= 15 is 0 Å². The maximum atomic E-state index is 13.2. The summed E-state index contributed by atoms with van der Waals surface area (Å²) in [7, 11) is 0. The third-order valence-corrected chi connectivity index (χ3v) is 5.19. The molecule has 0 saturated heterocycles. The van der Waals surface area contributed by atoms with Gasteiger partial charge in [0.05, 0.1) is 12.1 Å². The Hall–Kier alpha value is -3.26. The molecule has 0 bridgehead atoms. The van der Waals surface area contributed by atoms with Gasteiger partial charge in [0.25, 0.3) is 11.5 Å². The predicted octanol–water partition coefficient (Wildman–Crippen LogP) is 2.28. The number of aromatic hydroxyl groups is 1. The molecule has 7 nitrogen and oxygen atoms in total. The first-order valence-corrected chi connectivity index (χ1v) is 9.81. The van der Waals surface area contributed by atoms with Gasteiger partial charge in [-0.2, -0.15) is 0 Å². The van der Waals surface area contributed by atoms with Gasteiger partial charge in [-0.05, 0) is 55.5 Å². The molecule has 8 heteroatoms. The molecule has 0 spiro atoms. The summed E-state index contributed by atoms with van der Waals surface area (Å²) < 4.78 is 14.7. The maximum absolute atomic E-state index is 13.2. The number of hydrogen-bond acceptors (Lipinski definition) is 5. The van der Waals surface area contributed by atoms with Crippen molar-refractivity contribution in [3.05, 3.63) is 69.4 Å². The fourth-order valence-corrected chi connectivity index (χ4v) is 3.49. The Morgan fingerprint density at radius 2 is 2.00 bits per heavy atom. The van der Waals surface area contributed by atoms with Crippen molar-refractivity contribution < 1.29 is 19.4 Å². The molecule has 1 aliphatic carbocycles. The number of aliphatic hydroxyl groups excluding tert-OH is 1. The van der Waals surface area contributed by atoms with E-state index in [9.17, 15) is 19.1 Å². The first-order chi connectivity index (χ1) is 14.4. The van der Waals surface area contributed by atoms with E-state index in [1.807, 2.05) is 0 Å². The van der Waals surface area contributed by atoms with Gasteiger partial charge in [-0.15, -0.1) is 0 Å². The van der Waals surface area contributed by atoms with Crippen molar-refractivity contribution in [2.45, 2.75) is 38.3 Å². The lowest BCUT2D eigenvalue weighted by atomic mass is 10.1. The van der Waals surface area contributed by atoms with Crippen molar-refractivity contribution in [2.24, 2.45) is 0 Å². The fourth-order valence-electron chi connectivity index (χ4n) is 3.49. The molecule has 2 aromatic heterocycles. The van der Waals surface area contributed by atoms with E-state index in [-0.39, 0.29) is 29.5 Å². The van der Waals surface area contributed by atoms with E-state index in [0.717, 1.165) is 24.0 Å². The number of nitrogens with zero attached hydrogens (tertiary/aromatic N) is 2. The Kier molecular flexibility index (Phi) is 5.26. The molecule has 3 aromatic rings. The summed E-state index contributed by atoms with van der Waals surface area (Å²) in [6, 6.07) is 7.30. The molecule has 1 unspecified atom stereocenters. The smallest absolute Gasteiger partial charge is 0.268 e. The van der Waals surface area contributed by atoms with E-state index < -0.39 is 23.3 Å². The third-order valence-electron chi connectivity index (χ3n) is 5.19. The Morgan fingerprint density at radius 1 is 1.30 bits per heavy atom. The van der Waals surface area contributed by atoms with E-state index in [1.54, 1.807) is 31.3 Å². The quantitative estimate of drug-likeness (QED) is 0.577. The van der Waals surface area contributed by atoms with Gasteiger partial charge in [0.15, 0.2) is 5.75 Å². The minimum absolute atomic E-state index is 0.0507. The number of carbonyl (C=O) groups is 1. The van der Waals surface area contributed by atoms with Gasteiger partial charge in [0, 0.05) is 18.3 Å². The fraction of sp³-hybridized carbons (Fsp3) is 0.318. The lowest BCUT2D eigenvalue weighted by Gasteiger charge is -2.16. The maximum Gasteiger partial charge on any atom is 0.268 e. The molecule has 1 atom stereocenters. The summed E-state index contributed by atoms with van der Waals surface area (Å²) in [5.74, 6) is -1.53. The number of amides is 1. The van der Waals surface area contributed by atoms with Crippen molar-refractivity contribution in [3.8, 4) is 5.75 Å². The highest BCUT2D eigenvalue weighted by atomic mass is 19.1. The second-order valence-electron chi connectivity index (χ2n) is 7.70. The lowest BCUT2D eigenvalue weighted by molar-refractivity contribution is 0.0917. The molecular weight excluding hydrogens is 389 g/mol. The number of aromatic nitrogens is 2. The number of benzene rings is 1. The highest BCUT2D eigenvalue weighted by Crippen LogP contribution is 2.38. The van der Waals surface area contributed by atoms with E-state index in [0.29, 0.717) is 11.9 Å². The topological polar surface area (TPSA) is 104 Å². The zero-order valence-electron chi connectivity index (χ0n) is 16.4. The summed E-state index contributed by atoms with van der Waals surface area (Å²) in [5, 5.41) is 22.4. The van der Waals surface area contributed by atoms with Gasteiger partial charge < -0.3 is 20.1 Å². The molecule has 1 aliphatic rings. The predicted molar refractivity (Wildman–Crippen MR) is 109 cm³/mol. The molecule has 4 rings (SSSR count). The minimum Gasteiger partial charge on any atom is -0.505 e. The molecule has 156 valence electrons. The summed E-state index contributed by atoms with van der Waals surface area (Å²) >= 11 is 0. The van der Waals surface area contributed by atoms with E-state index in [1.165, 1.54) is 16.7 Å². The summed E-state index contributed by atoms with van der Waals surface area (Å²) in [5.41, 5.74) is 1.38. The lowest BCUT2D eigenvalue weighted by Crippen LogP contribution is -2.39. The van der Waals surface area contributed by atoms with Crippen LogP contribution in [0.25, 0.3) is 11.0 Å². The second-order valence-corrected chi connectivity index (χ2v) is 7.70. The number of pyridine rings is 2. The average Bonchev–Trinajstić information content (AvgIpc) is 3.54. The highest BCUT2D eigenvalue weighted by molar-refractivity contribution is 6.01. The average molecular weight is 411 g/mol. The summed E-state index contributed by atoms with van der Waals surface area (Å²) in [6.45, 7) is 1.30. The van der Waals surface area contributed by atoms with Crippen LogP contribution in [0, 0.1) is 5.82 Å². The zero-order valence-corrected chi connectivity index (χ0v) is 16.4. The normalized spacial score (nSPS) is 14.6. The highest BCUT2D eigenvalue weighted by Gasteiger charge is 2.31. The van der Waals surface area contributed by atoms with Crippen LogP contribution in [0.2, 0.25) is 0 Å². The van der Waals surface area contributed by atoms with Crippen molar-refractivity contribution in [1.29, 1.82) is 0 Å². The second kappa shape index (κ2) is 7.87. The molecule has 0 radical (unpaired) electrons. The first-order valence-electron chi connectivity index (χ1n) is 9.81. The van der Waals surface area contributed by atoms with Crippen molar-refractivity contribution in [2.75, 3.05) is 6.61 Å². The van der Waals surface area contributed by atoms with Gasteiger partial charge in [-0.1, -0.05) is 12.1 Å². The molecular formula is C22H22FN3O4. The minimum atomic E-state index is -0.743. The van der Waals surface area contributed by atoms with Crippen LogP contribution in [0.5, 0.6) is 5.75 Å². The van der Waals surface area contributed by atoms with Crippen LogP contribution < -0.4 is 10.9 Å². The van der Waals surface area contributed by atoms with Crippen LogP contribution in [-0.4, -0.2) is 38.3 Å². The molecule has 2 heterocycles. The number of nitrogens with one attached hydrogen (secondary N) is 1. The molecule has 3 N–H and O–H groups in total. The van der Waals surface area contributed by atoms with Crippen molar-refractivity contribution >= 4 is 16.9 Å². The SMILES string of the molecule is CC(CO)NC(=O)c1c(O)c2ncc(Cc3ccc(F)cc3)cc2n(C2CC2)c1=O. The van der Waals surface area contributed by atoms with E-state index in [4.69, 9.17) is 5.11 Å². The van der Waals surface area contributed by atoms with E-state index in [2.05, 4.69) is 10.3 Å². The number of carbonyl (C=O) groups excluding carboxylic acids is 1. The Morgan fingerprint density at radius 3 is 2.63 bits per heavy atom. The van der Waals surface area contributed by atoms with Gasteiger partial charge in [0.2, 0.25) is 0 Å². The first kappa shape index (κ1) is 20.0. The third kappa shape index (κ3) is 3.78. The monoisotopic (exact) mass is 411 g/mol. The number of halogens is 1. The van der Waals surface area contributed by atoms with Crippen LogP contribution in [-0.2, 0) is 6.42 Å². The zero-order chi connectivity index (χ0) is 21.4. The van der Waals surface area contributed by atoms with Gasteiger partial charge in [-0.25, -0.2) is 4.39 Å². The largest absolute Gasteiger partial charge is 0.505 e.